The number of carbonyl (C=O) groups is 1. The molecular formula is C23H29N3O6S. The number of likely N-dealkylation sites (tertiary alicyclic amines) is 1. The minimum absolute atomic E-state index is 0.0115. The molecule has 1 aromatic carbocycles. The van der Waals surface area contributed by atoms with E-state index in [1.807, 2.05) is 23.1 Å². The summed E-state index contributed by atoms with van der Waals surface area (Å²) in [7, 11) is -3.68. The Hall–Kier alpha value is -2.59. The van der Waals surface area contributed by atoms with Gasteiger partial charge in [0.1, 0.15) is 23.8 Å². The van der Waals surface area contributed by atoms with E-state index in [2.05, 4.69) is 5.16 Å². The number of amides is 1. The van der Waals surface area contributed by atoms with Crippen molar-refractivity contribution in [1.82, 2.24) is 14.4 Å². The molecule has 33 heavy (non-hydrogen) atoms. The monoisotopic (exact) mass is 475 g/mol. The molecule has 0 aliphatic carbocycles. The first-order valence-corrected chi connectivity index (χ1v) is 12.9. The minimum atomic E-state index is -3.68. The maximum Gasteiger partial charge on any atom is 0.248 e. The Balaban J connectivity index is 1.27. The van der Waals surface area contributed by atoms with Crippen molar-refractivity contribution < 1.29 is 27.2 Å². The van der Waals surface area contributed by atoms with Gasteiger partial charge in [-0.1, -0.05) is 11.2 Å². The van der Waals surface area contributed by atoms with Crippen LogP contribution in [0, 0.1) is 19.8 Å². The predicted octanol–water partition coefficient (Wildman–Crippen LogP) is 2.83. The molecule has 5 rings (SSSR count). The van der Waals surface area contributed by atoms with Crippen molar-refractivity contribution in [3.8, 4) is 11.5 Å². The van der Waals surface area contributed by atoms with Crippen LogP contribution in [0.15, 0.2) is 27.6 Å². The number of aryl methyl sites for hydroxylation is 2. The molecule has 2 fully saturated rings. The Morgan fingerprint density at radius 2 is 1.76 bits per heavy atom. The summed E-state index contributed by atoms with van der Waals surface area (Å²) in [4.78, 5) is 15.6. The highest BCUT2D eigenvalue weighted by Crippen LogP contribution is 2.39. The van der Waals surface area contributed by atoms with Crippen LogP contribution in [0.1, 0.15) is 48.7 Å². The van der Waals surface area contributed by atoms with Crippen molar-refractivity contribution in [2.24, 2.45) is 5.92 Å². The van der Waals surface area contributed by atoms with E-state index in [0.717, 1.165) is 36.4 Å². The van der Waals surface area contributed by atoms with Crippen LogP contribution >= 0.6 is 0 Å². The molecule has 0 N–H and O–H groups in total. The number of nitrogens with zero attached hydrogens (tertiary/aromatic N) is 3. The van der Waals surface area contributed by atoms with Crippen LogP contribution < -0.4 is 9.47 Å². The van der Waals surface area contributed by atoms with Crippen LogP contribution in [0.2, 0.25) is 0 Å². The van der Waals surface area contributed by atoms with Crippen molar-refractivity contribution in [2.75, 3.05) is 32.8 Å². The van der Waals surface area contributed by atoms with E-state index in [-0.39, 0.29) is 22.8 Å². The van der Waals surface area contributed by atoms with Gasteiger partial charge in [-0.3, -0.25) is 4.79 Å². The molecule has 4 heterocycles. The second-order valence-electron chi connectivity index (χ2n) is 8.92. The van der Waals surface area contributed by atoms with E-state index >= 15 is 0 Å². The fourth-order valence-electron chi connectivity index (χ4n) is 5.19. The zero-order valence-electron chi connectivity index (χ0n) is 19.0. The number of rotatable bonds is 4. The van der Waals surface area contributed by atoms with E-state index in [9.17, 15) is 13.2 Å². The third-order valence-corrected chi connectivity index (χ3v) is 9.00. The number of ether oxygens (including phenoxy) is 2. The number of piperidine rings is 1. The van der Waals surface area contributed by atoms with Crippen molar-refractivity contribution in [3.05, 3.63) is 35.2 Å². The van der Waals surface area contributed by atoms with E-state index < -0.39 is 10.0 Å². The van der Waals surface area contributed by atoms with Gasteiger partial charge in [-0.15, -0.1) is 0 Å². The number of benzene rings is 1. The third-order valence-electron chi connectivity index (χ3n) is 6.86. The van der Waals surface area contributed by atoms with Crippen LogP contribution in [0.3, 0.4) is 0 Å². The lowest BCUT2D eigenvalue weighted by atomic mass is 9.95. The first kappa shape index (κ1) is 22.2. The quantitative estimate of drug-likeness (QED) is 0.670. The smallest absolute Gasteiger partial charge is 0.248 e. The Morgan fingerprint density at radius 1 is 1.03 bits per heavy atom. The molecule has 0 bridgehead atoms. The maximum atomic E-state index is 13.4. The molecule has 3 aliphatic heterocycles. The Morgan fingerprint density at radius 3 is 2.45 bits per heavy atom. The minimum Gasteiger partial charge on any atom is -0.486 e. The highest BCUT2D eigenvalue weighted by atomic mass is 32.2. The molecule has 2 aromatic rings. The Kier molecular flexibility index (Phi) is 5.82. The summed E-state index contributed by atoms with van der Waals surface area (Å²) in [5.41, 5.74) is 1.42. The van der Waals surface area contributed by atoms with Gasteiger partial charge in [0.15, 0.2) is 17.3 Å². The Bertz CT molecular complexity index is 1130. The zero-order valence-corrected chi connectivity index (χ0v) is 19.8. The summed E-state index contributed by atoms with van der Waals surface area (Å²) >= 11 is 0. The van der Waals surface area contributed by atoms with E-state index in [4.69, 9.17) is 14.0 Å². The van der Waals surface area contributed by atoms with Crippen molar-refractivity contribution in [3.63, 3.8) is 0 Å². The van der Waals surface area contributed by atoms with Gasteiger partial charge in [0, 0.05) is 25.6 Å². The van der Waals surface area contributed by atoms with E-state index in [1.165, 1.54) is 4.31 Å². The largest absolute Gasteiger partial charge is 0.486 e. The molecular weight excluding hydrogens is 446 g/mol. The van der Waals surface area contributed by atoms with Gasteiger partial charge in [0.2, 0.25) is 15.9 Å². The second-order valence-corrected chi connectivity index (χ2v) is 10.8. The van der Waals surface area contributed by atoms with Crippen LogP contribution in [0.5, 0.6) is 11.5 Å². The highest BCUT2D eigenvalue weighted by molar-refractivity contribution is 7.89. The van der Waals surface area contributed by atoms with Crippen LogP contribution in [-0.2, 0) is 14.8 Å². The van der Waals surface area contributed by atoms with Gasteiger partial charge in [0.05, 0.1) is 6.04 Å². The van der Waals surface area contributed by atoms with E-state index in [1.54, 1.807) is 13.8 Å². The molecule has 1 amide bonds. The molecule has 1 atom stereocenters. The van der Waals surface area contributed by atoms with Crippen molar-refractivity contribution >= 4 is 15.9 Å². The SMILES string of the molecule is Cc1noc(C)c1S(=O)(=O)N1CCC(C(=O)N2CCCC2c2ccc3c(c2)OCCO3)CC1. The molecule has 1 aromatic heterocycles. The summed E-state index contributed by atoms with van der Waals surface area (Å²) in [6.07, 6.45) is 2.87. The molecule has 2 saturated heterocycles. The van der Waals surface area contributed by atoms with Gasteiger partial charge in [0.25, 0.3) is 0 Å². The van der Waals surface area contributed by atoms with Crippen LogP contribution in [0.4, 0.5) is 0 Å². The van der Waals surface area contributed by atoms with Gasteiger partial charge in [-0.05, 0) is 57.2 Å². The molecule has 3 aliphatic rings. The first-order valence-electron chi connectivity index (χ1n) is 11.5. The summed E-state index contributed by atoms with van der Waals surface area (Å²) in [5.74, 6) is 1.70. The standard InChI is InChI=1S/C23H29N3O6S/c1-15-22(16(2)32-24-15)33(28,29)25-10-7-17(8-11-25)23(27)26-9-3-4-19(26)18-5-6-20-21(14-18)31-13-12-30-20/h5-6,14,17,19H,3-4,7-13H2,1-2H3. The zero-order chi connectivity index (χ0) is 23.2. The molecule has 0 saturated carbocycles. The van der Waals surface area contributed by atoms with Crippen LogP contribution in [0.25, 0.3) is 0 Å². The Labute approximate surface area is 193 Å². The molecule has 178 valence electrons. The number of sulfonamides is 1. The van der Waals surface area contributed by atoms with Gasteiger partial charge in [-0.25, -0.2) is 8.42 Å². The average Bonchev–Trinajstić information content (AvgIpc) is 3.45. The lowest BCUT2D eigenvalue weighted by Crippen LogP contribution is -2.44. The first-order chi connectivity index (χ1) is 15.9. The topological polar surface area (TPSA) is 102 Å². The summed E-state index contributed by atoms with van der Waals surface area (Å²) < 4.78 is 44.0. The fourth-order valence-corrected chi connectivity index (χ4v) is 6.95. The lowest BCUT2D eigenvalue weighted by Gasteiger charge is -2.34. The van der Waals surface area contributed by atoms with Crippen LogP contribution in [-0.4, -0.2) is 61.5 Å². The number of aromatic nitrogens is 1. The average molecular weight is 476 g/mol. The van der Waals surface area contributed by atoms with Crippen molar-refractivity contribution in [1.29, 1.82) is 0 Å². The maximum absolute atomic E-state index is 13.4. The molecule has 10 heteroatoms. The number of carbonyl (C=O) groups excluding carboxylic acids is 1. The summed E-state index contributed by atoms with van der Waals surface area (Å²) in [6.45, 7) is 5.65. The molecule has 0 radical (unpaired) electrons. The second kappa shape index (κ2) is 8.64. The summed E-state index contributed by atoms with van der Waals surface area (Å²) in [5, 5.41) is 3.78. The lowest BCUT2D eigenvalue weighted by molar-refractivity contribution is -0.137. The predicted molar refractivity (Wildman–Crippen MR) is 119 cm³/mol. The van der Waals surface area contributed by atoms with Gasteiger partial charge < -0.3 is 18.9 Å². The number of fused-ring (bicyclic) bond motifs is 1. The fraction of sp³-hybridized carbons (Fsp3) is 0.565. The number of hydrogen-bond acceptors (Lipinski definition) is 7. The normalized spacial score (nSPS) is 22.0. The summed E-state index contributed by atoms with van der Waals surface area (Å²) in [6, 6.07) is 5.94. The van der Waals surface area contributed by atoms with Crippen molar-refractivity contribution in [2.45, 2.75) is 50.5 Å². The number of hydrogen-bond donors (Lipinski definition) is 0. The molecule has 0 spiro atoms. The van der Waals surface area contributed by atoms with E-state index in [0.29, 0.717) is 50.6 Å². The van der Waals surface area contributed by atoms with Gasteiger partial charge in [-0.2, -0.15) is 4.31 Å². The highest BCUT2D eigenvalue weighted by Gasteiger charge is 2.39. The third kappa shape index (κ3) is 3.99. The molecule has 9 nitrogen and oxygen atoms in total. The molecule has 1 unspecified atom stereocenters. The van der Waals surface area contributed by atoms with Gasteiger partial charge >= 0.3 is 0 Å².